The van der Waals surface area contributed by atoms with Gasteiger partial charge in [0.1, 0.15) is 0 Å². The van der Waals surface area contributed by atoms with Gasteiger partial charge in [-0.2, -0.15) is 0 Å². The molecule has 2 N–H and O–H groups in total. The van der Waals surface area contributed by atoms with Gasteiger partial charge in [0.25, 0.3) is 0 Å². The zero-order valence-corrected chi connectivity index (χ0v) is 21.8. The Morgan fingerprint density at radius 3 is 2.44 bits per heavy atom. The lowest BCUT2D eigenvalue weighted by Crippen LogP contribution is -2.32. The molecule has 0 spiro atoms. The van der Waals surface area contributed by atoms with Crippen LogP contribution in [0, 0.1) is 0 Å². The van der Waals surface area contributed by atoms with Crippen LogP contribution in [0.3, 0.4) is 0 Å². The molecule has 0 unspecified atom stereocenters. The van der Waals surface area contributed by atoms with E-state index in [1.54, 1.807) is 42.5 Å². The number of hydrogen-bond donors (Lipinski definition) is 2. The Morgan fingerprint density at radius 1 is 1.03 bits per heavy atom. The maximum absolute atomic E-state index is 13.1. The van der Waals surface area contributed by atoms with Crippen molar-refractivity contribution < 1.29 is 28.1 Å². The van der Waals surface area contributed by atoms with E-state index in [9.17, 15) is 18.3 Å². The van der Waals surface area contributed by atoms with Gasteiger partial charge < -0.3 is 10.4 Å². The number of benzene rings is 3. The van der Waals surface area contributed by atoms with Crippen molar-refractivity contribution in [2.24, 2.45) is 0 Å². The highest BCUT2D eigenvalue weighted by Gasteiger charge is 2.19. The smallest absolute Gasteiger partial charge is 0.355 e. The number of sulfone groups is 1. The maximum atomic E-state index is 13.1. The zero-order valence-electron chi connectivity index (χ0n) is 20.2. The molecule has 0 radical (unpaired) electrons. The number of nitrogens with one attached hydrogen (secondary N) is 1. The molecule has 36 heavy (non-hydrogen) atoms. The fraction of sp³-hybridized carbons (Fsp3) is 0.296. The summed E-state index contributed by atoms with van der Waals surface area (Å²) >= 11 is 5.99. The van der Waals surface area contributed by atoms with Gasteiger partial charge in [-0.1, -0.05) is 48.9 Å². The van der Waals surface area contributed by atoms with Crippen LogP contribution in [0.15, 0.2) is 82.6 Å². The summed E-state index contributed by atoms with van der Waals surface area (Å²) in [5.74, 6) is -0.402. The van der Waals surface area contributed by atoms with Gasteiger partial charge >= 0.3 is 5.97 Å². The first-order valence-corrected chi connectivity index (χ1v) is 13.5. The minimum absolute atomic E-state index is 0.0318. The highest BCUT2D eigenvalue weighted by Crippen LogP contribution is 2.25. The molecule has 0 heterocycles. The van der Waals surface area contributed by atoms with Crippen LogP contribution < -0.4 is 10.2 Å². The van der Waals surface area contributed by atoms with Gasteiger partial charge in [-0.15, -0.1) is 0 Å². The summed E-state index contributed by atoms with van der Waals surface area (Å²) in [7, 11) is -3.79. The van der Waals surface area contributed by atoms with Crippen molar-refractivity contribution in [2.45, 2.75) is 55.0 Å². The van der Waals surface area contributed by atoms with E-state index in [0.717, 1.165) is 11.1 Å². The second-order valence-corrected chi connectivity index (χ2v) is 10.9. The molecule has 0 saturated heterocycles. The molecule has 0 aliphatic rings. The third-order valence-electron chi connectivity index (χ3n) is 5.47. The van der Waals surface area contributed by atoms with Crippen LogP contribution in [-0.2, 0) is 25.9 Å². The van der Waals surface area contributed by atoms with E-state index in [2.05, 4.69) is 5.32 Å². The predicted molar refractivity (Wildman–Crippen MR) is 138 cm³/mol. The predicted octanol–water partition coefficient (Wildman–Crippen LogP) is 5.06. The number of aliphatic hydroxyl groups is 1. The van der Waals surface area contributed by atoms with Gasteiger partial charge in [-0.05, 0) is 67.3 Å². The van der Waals surface area contributed by atoms with Crippen LogP contribution >= 0.6 is 11.6 Å². The second kappa shape index (κ2) is 12.9. The van der Waals surface area contributed by atoms with Crippen molar-refractivity contribution in [3.8, 4) is 5.75 Å². The maximum Gasteiger partial charge on any atom is 0.355 e. The van der Waals surface area contributed by atoms with Crippen molar-refractivity contribution in [2.75, 3.05) is 6.54 Å². The number of halogens is 1. The second-order valence-electron chi connectivity index (χ2n) is 8.50. The fourth-order valence-corrected chi connectivity index (χ4v) is 5.04. The Morgan fingerprint density at radius 2 is 1.75 bits per heavy atom. The van der Waals surface area contributed by atoms with Crippen LogP contribution in [0.5, 0.6) is 5.75 Å². The zero-order chi connectivity index (χ0) is 26.1. The lowest BCUT2D eigenvalue weighted by molar-refractivity contribution is -0.213. The average Bonchev–Trinajstić information content (AvgIpc) is 2.87. The van der Waals surface area contributed by atoms with Crippen molar-refractivity contribution in [1.82, 2.24) is 5.32 Å². The van der Waals surface area contributed by atoms with Gasteiger partial charge in [-0.25, -0.2) is 13.2 Å². The van der Waals surface area contributed by atoms with Crippen molar-refractivity contribution in [3.63, 3.8) is 0 Å². The highest BCUT2D eigenvalue weighted by molar-refractivity contribution is 7.91. The summed E-state index contributed by atoms with van der Waals surface area (Å²) in [5, 5.41) is 14.2. The Kier molecular flexibility index (Phi) is 9.89. The molecule has 0 saturated carbocycles. The van der Waals surface area contributed by atoms with E-state index < -0.39 is 21.9 Å². The van der Waals surface area contributed by atoms with Crippen LogP contribution in [0.25, 0.3) is 0 Å². The molecule has 0 fully saturated rings. The van der Waals surface area contributed by atoms with Crippen molar-refractivity contribution in [1.29, 1.82) is 0 Å². The summed E-state index contributed by atoms with van der Waals surface area (Å²) in [4.78, 5) is 21.3. The topological polar surface area (TPSA) is 102 Å². The molecule has 9 heteroatoms. The Bertz CT molecular complexity index is 1260. The largest absolute Gasteiger partial charge is 0.387 e. The molecule has 2 atom stereocenters. The molecular weight excluding hydrogens is 502 g/mol. The summed E-state index contributed by atoms with van der Waals surface area (Å²) < 4.78 is 26.2. The molecule has 0 aliphatic carbocycles. The average molecular weight is 532 g/mol. The van der Waals surface area contributed by atoms with Gasteiger partial charge in [0.05, 0.1) is 15.9 Å². The van der Waals surface area contributed by atoms with E-state index in [0.29, 0.717) is 24.4 Å². The first-order chi connectivity index (χ1) is 17.2. The normalized spacial score (nSPS) is 13.1. The standard InChI is InChI=1S/C27H30ClNO6S/c1-3-6-27(31)35-34-23-9-5-10-25(17-23)36(32,33)24-13-11-20(12-14-24)15-19(2)29-18-26(30)21-7-4-8-22(28)16-21/h4-5,7-14,16-17,19,26,29-30H,3,6,15,18H2,1-2H3/t19-,26+/m1/s1. The number of carbonyl (C=O) groups excluding carboxylic acids is 1. The quantitative estimate of drug-likeness (QED) is 0.248. The van der Waals surface area contributed by atoms with Crippen LogP contribution in [0.2, 0.25) is 5.02 Å². The Balaban J connectivity index is 1.59. The van der Waals surface area contributed by atoms with Crippen molar-refractivity contribution >= 4 is 27.4 Å². The first kappa shape index (κ1) is 27.7. The monoisotopic (exact) mass is 531 g/mol. The summed E-state index contributed by atoms with van der Waals surface area (Å²) in [6, 6.07) is 19.6. The van der Waals surface area contributed by atoms with Crippen LogP contribution in [0.1, 0.15) is 43.9 Å². The number of rotatable bonds is 12. The molecule has 0 aliphatic heterocycles. The number of hydrogen-bond acceptors (Lipinski definition) is 7. The molecule has 7 nitrogen and oxygen atoms in total. The summed E-state index contributed by atoms with van der Waals surface area (Å²) in [6.07, 6.45) is 0.788. The minimum atomic E-state index is -3.79. The number of carbonyl (C=O) groups is 1. The first-order valence-electron chi connectivity index (χ1n) is 11.7. The van der Waals surface area contributed by atoms with E-state index in [1.165, 1.54) is 24.3 Å². The summed E-state index contributed by atoms with van der Waals surface area (Å²) in [6.45, 7) is 4.19. The Hall–Kier alpha value is -2.91. The molecule has 3 aromatic carbocycles. The third-order valence-corrected chi connectivity index (χ3v) is 7.47. The van der Waals surface area contributed by atoms with Gasteiger partial charge in [0, 0.05) is 30.1 Å². The molecule has 0 bridgehead atoms. The van der Waals surface area contributed by atoms with E-state index in [1.807, 2.05) is 19.9 Å². The third kappa shape index (κ3) is 7.80. The van der Waals surface area contributed by atoms with E-state index in [4.69, 9.17) is 21.4 Å². The molecular formula is C27H30ClNO6S. The molecule has 192 valence electrons. The SMILES string of the molecule is CCCC(=O)OOc1cccc(S(=O)(=O)c2ccc(C[C@@H](C)NC[C@H](O)c3cccc(Cl)c3)cc2)c1. The van der Waals surface area contributed by atoms with Crippen LogP contribution in [-0.4, -0.2) is 32.1 Å². The van der Waals surface area contributed by atoms with Gasteiger partial charge in [0.15, 0.2) is 5.75 Å². The lowest BCUT2D eigenvalue weighted by atomic mass is 10.1. The molecule has 0 aromatic heterocycles. The summed E-state index contributed by atoms with van der Waals surface area (Å²) in [5.41, 5.74) is 1.69. The minimum Gasteiger partial charge on any atom is -0.387 e. The van der Waals surface area contributed by atoms with E-state index >= 15 is 0 Å². The van der Waals surface area contributed by atoms with Crippen LogP contribution in [0.4, 0.5) is 0 Å². The van der Waals surface area contributed by atoms with Gasteiger partial charge in [-0.3, -0.25) is 9.78 Å². The molecule has 0 amide bonds. The molecule has 3 rings (SSSR count). The van der Waals surface area contributed by atoms with Gasteiger partial charge in [0.2, 0.25) is 9.84 Å². The lowest BCUT2D eigenvalue weighted by Gasteiger charge is -2.18. The van der Waals surface area contributed by atoms with E-state index in [-0.39, 0.29) is 28.0 Å². The highest BCUT2D eigenvalue weighted by atomic mass is 35.5. The Labute approximate surface area is 216 Å². The number of aliphatic hydroxyl groups excluding tert-OH is 1. The fourth-order valence-electron chi connectivity index (χ4n) is 3.54. The molecule has 3 aromatic rings. The van der Waals surface area contributed by atoms with Crippen molar-refractivity contribution in [3.05, 3.63) is 88.9 Å².